The predicted octanol–water partition coefficient (Wildman–Crippen LogP) is 3.67. The smallest absolute Gasteiger partial charge is 0.306 e. The number of fused-ring (bicyclic) bond motifs is 1. The summed E-state index contributed by atoms with van der Waals surface area (Å²) in [4.78, 5) is 23.4. The highest BCUT2D eigenvalue weighted by atomic mass is 79.9. The number of carboxylic acids is 1. The van der Waals surface area contributed by atoms with Gasteiger partial charge in [-0.25, -0.2) is 0 Å². The van der Waals surface area contributed by atoms with Crippen LogP contribution in [0.15, 0.2) is 16.6 Å². The van der Waals surface area contributed by atoms with Gasteiger partial charge in [0, 0.05) is 22.6 Å². The highest BCUT2D eigenvalue weighted by Gasteiger charge is 2.20. The van der Waals surface area contributed by atoms with E-state index in [4.69, 9.17) is 9.84 Å². The van der Waals surface area contributed by atoms with Gasteiger partial charge in [0.25, 0.3) is 0 Å². The second-order valence-electron chi connectivity index (χ2n) is 4.63. The Balaban J connectivity index is 2.41. The number of phenolic OH excluding ortho intramolecular Hbond substituents is 1. The van der Waals surface area contributed by atoms with Gasteiger partial charge in [0.15, 0.2) is 17.3 Å². The molecule has 7 heteroatoms. The zero-order valence-electron chi connectivity index (χ0n) is 11.3. The number of carbonyl (C=O) groups excluding carboxylic acids is 1. The van der Waals surface area contributed by atoms with Gasteiger partial charge in [0.05, 0.1) is 22.4 Å². The molecule has 1 atom stereocenters. The van der Waals surface area contributed by atoms with Gasteiger partial charge in [-0.3, -0.25) is 9.59 Å². The van der Waals surface area contributed by atoms with Crippen molar-refractivity contribution < 1.29 is 24.5 Å². The van der Waals surface area contributed by atoms with Crippen LogP contribution in [0.3, 0.4) is 0 Å². The number of ketones is 1. The zero-order chi connectivity index (χ0) is 15.7. The van der Waals surface area contributed by atoms with Gasteiger partial charge in [0.1, 0.15) is 0 Å². The molecule has 2 aromatic rings. The molecule has 1 aromatic heterocycles. The Kier molecular flexibility index (Phi) is 4.53. The normalized spacial score (nSPS) is 12.3. The molecule has 112 valence electrons. The van der Waals surface area contributed by atoms with Crippen molar-refractivity contribution in [1.29, 1.82) is 0 Å². The van der Waals surface area contributed by atoms with E-state index in [9.17, 15) is 14.7 Å². The molecule has 0 fully saturated rings. The summed E-state index contributed by atoms with van der Waals surface area (Å²) in [5.74, 6) is -1.66. The van der Waals surface area contributed by atoms with Crippen LogP contribution in [0.2, 0.25) is 0 Å². The second-order valence-corrected chi connectivity index (χ2v) is 6.51. The summed E-state index contributed by atoms with van der Waals surface area (Å²) in [5.41, 5.74) is 0. The molecule has 0 radical (unpaired) electrons. The number of halogens is 1. The van der Waals surface area contributed by atoms with E-state index in [1.165, 1.54) is 25.4 Å². The SMILES string of the molecule is COc1cc2sc(C(=O)C[C@H](C)C(=O)O)cc2c(Br)c1O. The molecule has 0 aliphatic rings. The summed E-state index contributed by atoms with van der Waals surface area (Å²) >= 11 is 4.53. The first-order chi connectivity index (χ1) is 9.85. The lowest BCUT2D eigenvalue weighted by Crippen LogP contribution is -2.13. The Hall–Kier alpha value is -1.60. The fourth-order valence-electron chi connectivity index (χ4n) is 1.87. The fraction of sp³-hybridized carbons (Fsp3) is 0.286. The summed E-state index contributed by atoms with van der Waals surface area (Å²) in [6.07, 6.45) is -0.0527. The maximum Gasteiger partial charge on any atom is 0.306 e. The monoisotopic (exact) mass is 372 g/mol. The first-order valence-electron chi connectivity index (χ1n) is 6.10. The molecule has 0 amide bonds. The number of Topliss-reactive ketones (excluding diaryl/α,β-unsaturated/α-hetero) is 1. The zero-order valence-corrected chi connectivity index (χ0v) is 13.7. The van der Waals surface area contributed by atoms with Crippen LogP contribution in [0, 0.1) is 5.92 Å². The number of aromatic hydroxyl groups is 1. The first-order valence-corrected chi connectivity index (χ1v) is 7.71. The van der Waals surface area contributed by atoms with Crippen molar-refractivity contribution in [2.75, 3.05) is 7.11 Å². The van der Waals surface area contributed by atoms with Crippen LogP contribution < -0.4 is 4.74 Å². The van der Waals surface area contributed by atoms with E-state index in [0.717, 1.165) is 4.70 Å². The quantitative estimate of drug-likeness (QED) is 0.782. The van der Waals surface area contributed by atoms with Gasteiger partial charge in [-0.2, -0.15) is 0 Å². The lowest BCUT2D eigenvalue weighted by Gasteiger charge is -2.05. The molecule has 2 N–H and O–H groups in total. The lowest BCUT2D eigenvalue weighted by atomic mass is 10.0. The number of benzene rings is 1. The Labute approximate surface area is 133 Å². The van der Waals surface area contributed by atoms with Crippen LogP contribution in [0.1, 0.15) is 23.0 Å². The molecule has 0 bridgehead atoms. The number of methoxy groups -OCH3 is 1. The second kappa shape index (κ2) is 6.03. The van der Waals surface area contributed by atoms with Crippen molar-refractivity contribution in [1.82, 2.24) is 0 Å². The third-order valence-corrected chi connectivity index (χ3v) is 5.03. The molecular formula is C14H13BrO5S. The third kappa shape index (κ3) is 3.03. The third-order valence-electron chi connectivity index (χ3n) is 3.11. The fourth-order valence-corrected chi connectivity index (χ4v) is 3.57. The topological polar surface area (TPSA) is 83.8 Å². The maximum absolute atomic E-state index is 12.1. The van der Waals surface area contributed by atoms with Gasteiger partial charge in [-0.15, -0.1) is 11.3 Å². The van der Waals surface area contributed by atoms with Gasteiger partial charge < -0.3 is 14.9 Å². The van der Waals surface area contributed by atoms with Crippen LogP contribution in [0.25, 0.3) is 10.1 Å². The molecule has 5 nitrogen and oxygen atoms in total. The maximum atomic E-state index is 12.1. The summed E-state index contributed by atoms with van der Waals surface area (Å²) < 4.78 is 6.30. The number of hydrogen-bond acceptors (Lipinski definition) is 5. The van der Waals surface area contributed by atoms with Crippen molar-refractivity contribution in [2.45, 2.75) is 13.3 Å². The van der Waals surface area contributed by atoms with E-state index in [-0.39, 0.29) is 18.0 Å². The van der Waals surface area contributed by atoms with E-state index in [0.29, 0.717) is 20.5 Å². The molecule has 0 spiro atoms. The molecule has 0 aliphatic heterocycles. The van der Waals surface area contributed by atoms with Crippen molar-refractivity contribution in [2.24, 2.45) is 5.92 Å². The number of carbonyl (C=O) groups is 2. The lowest BCUT2D eigenvalue weighted by molar-refractivity contribution is -0.141. The van der Waals surface area contributed by atoms with E-state index in [1.54, 1.807) is 12.1 Å². The number of ether oxygens (including phenoxy) is 1. The summed E-state index contributed by atoms with van der Waals surface area (Å²) in [7, 11) is 1.45. The minimum absolute atomic E-state index is 0.0271. The number of carboxylic acid groups (broad SMARTS) is 1. The minimum Gasteiger partial charge on any atom is -0.503 e. The van der Waals surface area contributed by atoms with Gasteiger partial charge >= 0.3 is 5.97 Å². The Morgan fingerprint density at radius 2 is 2.10 bits per heavy atom. The number of aliphatic carboxylic acids is 1. The Morgan fingerprint density at radius 3 is 2.67 bits per heavy atom. The molecule has 2 rings (SSSR count). The van der Waals surface area contributed by atoms with E-state index in [1.807, 2.05) is 0 Å². The number of phenols is 1. The predicted molar refractivity (Wildman–Crippen MR) is 83.5 cm³/mol. The number of thiophene rings is 1. The molecule has 0 aliphatic carbocycles. The van der Waals surface area contributed by atoms with Crippen LogP contribution in [0.4, 0.5) is 0 Å². The number of hydrogen-bond donors (Lipinski definition) is 2. The summed E-state index contributed by atoms with van der Waals surface area (Å²) in [5, 5.41) is 19.5. The first kappa shape index (κ1) is 15.8. The van der Waals surface area contributed by atoms with Crippen LogP contribution in [0.5, 0.6) is 11.5 Å². The highest BCUT2D eigenvalue weighted by Crippen LogP contribution is 2.43. The molecule has 1 heterocycles. The summed E-state index contributed by atoms with van der Waals surface area (Å²) in [6.45, 7) is 1.50. The Morgan fingerprint density at radius 1 is 1.43 bits per heavy atom. The van der Waals surface area contributed by atoms with Gasteiger partial charge in [-0.1, -0.05) is 6.92 Å². The van der Waals surface area contributed by atoms with Gasteiger partial charge in [-0.05, 0) is 22.0 Å². The molecular weight excluding hydrogens is 360 g/mol. The molecule has 0 unspecified atom stereocenters. The van der Waals surface area contributed by atoms with Crippen molar-refractivity contribution in [3.8, 4) is 11.5 Å². The van der Waals surface area contributed by atoms with Crippen molar-refractivity contribution in [3.63, 3.8) is 0 Å². The van der Waals surface area contributed by atoms with E-state index >= 15 is 0 Å². The van der Waals surface area contributed by atoms with Crippen LogP contribution in [-0.4, -0.2) is 29.1 Å². The average molecular weight is 373 g/mol. The highest BCUT2D eigenvalue weighted by molar-refractivity contribution is 9.10. The molecule has 21 heavy (non-hydrogen) atoms. The Bertz CT molecular complexity index is 722. The molecule has 0 saturated heterocycles. The van der Waals surface area contributed by atoms with Gasteiger partial charge in [0.2, 0.25) is 0 Å². The largest absolute Gasteiger partial charge is 0.503 e. The standard InChI is InChI=1S/C14H13BrO5S/c1-6(14(18)19)3-8(16)11-4-7-10(21-11)5-9(20-2)13(17)12(7)15/h4-6,17H,3H2,1-2H3,(H,18,19)/t6-/m0/s1. The minimum atomic E-state index is -0.995. The van der Waals surface area contributed by atoms with Crippen LogP contribution in [-0.2, 0) is 4.79 Å². The number of rotatable bonds is 5. The van der Waals surface area contributed by atoms with Crippen molar-refractivity contribution in [3.05, 3.63) is 21.5 Å². The molecule has 1 aromatic carbocycles. The van der Waals surface area contributed by atoms with E-state index in [2.05, 4.69) is 15.9 Å². The molecule has 0 saturated carbocycles. The van der Waals surface area contributed by atoms with Crippen LogP contribution >= 0.6 is 27.3 Å². The van der Waals surface area contributed by atoms with Crippen molar-refractivity contribution >= 4 is 49.1 Å². The summed E-state index contributed by atoms with van der Waals surface area (Å²) in [6, 6.07) is 3.30. The van der Waals surface area contributed by atoms with E-state index < -0.39 is 11.9 Å². The average Bonchev–Trinajstić information content (AvgIpc) is 2.86.